The molecule has 6 N–H and O–H groups in total. The summed E-state index contributed by atoms with van der Waals surface area (Å²) >= 11 is 0. The first-order chi connectivity index (χ1) is 14.7. The lowest BCUT2D eigenvalue weighted by Gasteiger charge is -2.13. The molecule has 30 heavy (non-hydrogen) atoms. The number of rotatable bonds is 14. The number of benzene rings is 1. The van der Waals surface area contributed by atoms with Crippen LogP contribution in [-0.2, 0) is 13.1 Å². The van der Waals surface area contributed by atoms with E-state index in [1.165, 1.54) is 0 Å². The highest BCUT2D eigenvalue weighted by atomic mass is 16.5. The molecule has 0 amide bonds. The van der Waals surface area contributed by atoms with E-state index < -0.39 is 12.2 Å². The number of hydrogen-bond donors (Lipinski definition) is 4. The van der Waals surface area contributed by atoms with Gasteiger partial charge in [0.15, 0.2) is 11.5 Å². The third-order valence-corrected chi connectivity index (χ3v) is 4.44. The molecule has 0 fully saturated rings. The lowest BCUT2D eigenvalue weighted by atomic mass is 10.3. The molecule has 0 unspecified atom stereocenters. The molecule has 3 aromatic rings. The van der Waals surface area contributed by atoms with E-state index in [1.807, 2.05) is 34.9 Å². The Bertz CT molecular complexity index is 736. The molecule has 0 saturated heterocycles. The fraction of sp³-hybridized carbons (Fsp3) is 0.364. The maximum Gasteiger partial charge on any atom is 0.157 e. The van der Waals surface area contributed by atoms with Crippen LogP contribution in [0.25, 0.3) is 0 Å². The van der Waals surface area contributed by atoms with Crippen LogP contribution < -0.4 is 20.1 Å². The van der Waals surface area contributed by atoms with Crippen LogP contribution in [0.15, 0.2) is 69.9 Å². The van der Waals surface area contributed by atoms with Gasteiger partial charge in [0.05, 0.1) is 12.5 Å². The third-order valence-electron chi connectivity index (χ3n) is 4.44. The highest BCUT2D eigenvalue weighted by molar-refractivity contribution is 5.31. The molecule has 1 aromatic carbocycles. The molecule has 2 heterocycles. The van der Waals surface area contributed by atoms with Crippen LogP contribution in [0.4, 0.5) is 0 Å². The Kier molecular flexibility index (Phi) is 8.80. The van der Waals surface area contributed by atoms with E-state index in [0.717, 1.165) is 11.5 Å². The van der Waals surface area contributed by atoms with Crippen molar-refractivity contribution in [3.8, 4) is 11.5 Å². The van der Waals surface area contributed by atoms with Gasteiger partial charge in [-0.1, -0.05) is 0 Å². The molecule has 0 aliphatic carbocycles. The van der Waals surface area contributed by atoms with Gasteiger partial charge in [-0.25, -0.2) is 0 Å². The highest BCUT2D eigenvalue weighted by Gasteiger charge is 2.10. The molecule has 0 bridgehead atoms. The fourth-order valence-electron chi connectivity index (χ4n) is 2.85. The molecule has 0 saturated carbocycles. The van der Waals surface area contributed by atoms with Crippen molar-refractivity contribution < 1.29 is 39.2 Å². The van der Waals surface area contributed by atoms with E-state index in [9.17, 15) is 10.2 Å². The average molecular weight is 418 g/mol. The second-order valence-electron chi connectivity index (χ2n) is 7.02. The lowest BCUT2D eigenvalue weighted by Crippen LogP contribution is -2.85. The number of aliphatic hydroxyl groups is 2. The highest BCUT2D eigenvalue weighted by Crippen LogP contribution is 2.17. The van der Waals surface area contributed by atoms with Gasteiger partial charge in [0.1, 0.15) is 63.1 Å². The minimum atomic E-state index is -0.580. The van der Waals surface area contributed by atoms with Crippen molar-refractivity contribution >= 4 is 0 Å². The maximum atomic E-state index is 10.0. The molecule has 0 radical (unpaired) electrons. The van der Waals surface area contributed by atoms with Gasteiger partial charge in [-0.05, 0) is 48.5 Å². The van der Waals surface area contributed by atoms with Crippen molar-refractivity contribution in [3.63, 3.8) is 0 Å². The summed E-state index contributed by atoms with van der Waals surface area (Å²) < 4.78 is 21.7. The van der Waals surface area contributed by atoms with Gasteiger partial charge in [0.2, 0.25) is 0 Å². The molecular formula is C22H30N2O6+2. The first-order valence-corrected chi connectivity index (χ1v) is 10.1. The van der Waals surface area contributed by atoms with Gasteiger partial charge >= 0.3 is 0 Å². The summed E-state index contributed by atoms with van der Waals surface area (Å²) in [5.41, 5.74) is 0. The van der Waals surface area contributed by atoms with E-state index in [0.29, 0.717) is 37.7 Å². The summed E-state index contributed by atoms with van der Waals surface area (Å²) in [6.07, 6.45) is 2.11. The van der Waals surface area contributed by atoms with Gasteiger partial charge in [0, 0.05) is 0 Å². The quantitative estimate of drug-likeness (QED) is 0.290. The Balaban J connectivity index is 1.27. The summed E-state index contributed by atoms with van der Waals surface area (Å²) in [7, 11) is 0. The van der Waals surface area contributed by atoms with Crippen LogP contribution in [0.3, 0.4) is 0 Å². The Hall–Kier alpha value is -2.78. The topological polar surface area (TPSA) is 118 Å². The zero-order valence-corrected chi connectivity index (χ0v) is 16.9. The normalized spacial score (nSPS) is 13.1. The molecule has 2 aromatic heterocycles. The first kappa shape index (κ1) is 21.9. The first-order valence-electron chi connectivity index (χ1n) is 10.1. The van der Waals surface area contributed by atoms with Crippen LogP contribution in [0, 0.1) is 0 Å². The molecule has 0 aliphatic heterocycles. The molecule has 0 aliphatic rings. The lowest BCUT2D eigenvalue weighted by molar-refractivity contribution is -0.678. The average Bonchev–Trinajstić information content (AvgIpc) is 3.46. The van der Waals surface area contributed by atoms with Gasteiger partial charge in [0.25, 0.3) is 0 Å². The largest absolute Gasteiger partial charge is 0.491 e. The fourth-order valence-corrected chi connectivity index (χ4v) is 2.85. The minimum absolute atomic E-state index is 0.207. The van der Waals surface area contributed by atoms with Gasteiger partial charge in [-0.3, -0.25) is 0 Å². The Morgan fingerprint density at radius 3 is 1.50 bits per heavy atom. The Morgan fingerprint density at radius 1 is 0.700 bits per heavy atom. The smallest absolute Gasteiger partial charge is 0.157 e. The van der Waals surface area contributed by atoms with Crippen LogP contribution in [0.5, 0.6) is 11.5 Å². The Labute approximate surface area is 175 Å². The molecule has 0 spiro atoms. The van der Waals surface area contributed by atoms with Gasteiger partial charge < -0.3 is 39.2 Å². The molecule has 2 atom stereocenters. The van der Waals surface area contributed by atoms with Crippen molar-refractivity contribution in [2.75, 3.05) is 26.3 Å². The van der Waals surface area contributed by atoms with Crippen LogP contribution in [0.1, 0.15) is 11.5 Å². The van der Waals surface area contributed by atoms with Crippen molar-refractivity contribution in [3.05, 3.63) is 72.6 Å². The summed E-state index contributed by atoms with van der Waals surface area (Å²) in [4.78, 5) is 0. The SMILES string of the molecule is O[C@@H](C[NH2+]Cc1ccco1)COc1ccc(OC[C@@H](O)C[NH2+]Cc2ccco2)cc1. The third kappa shape index (κ3) is 7.92. The summed E-state index contributed by atoms with van der Waals surface area (Å²) in [5.74, 6) is 3.05. The van der Waals surface area contributed by atoms with E-state index in [4.69, 9.17) is 18.3 Å². The van der Waals surface area contributed by atoms with E-state index in [-0.39, 0.29) is 13.2 Å². The molecule has 8 nitrogen and oxygen atoms in total. The number of nitrogens with two attached hydrogens (primary N) is 2. The predicted octanol–water partition coefficient (Wildman–Crippen LogP) is -0.121. The van der Waals surface area contributed by atoms with Crippen molar-refractivity contribution in [2.45, 2.75) is 25.3 Å². The summed E-state index contributed by atoms with van der Waals surface area (Å²) in [6.45, 7) is 2.83. The van der Waals surface area contributed by atoms with Crippen molar-refractivity contribution in [1.29, 1.82) is 0 Å². The van der Waals surface area contributed by atoms with Crippen LogP contribution in [0.2, 0.25) is 0 Å². The summed E-state index contributed by atoms with van der Waals surface area (Å²) in [6, 6.07) is 14.6. The molecular weight excluding hydrogens is 388 g/mol. The summed E-state index contributed by atoms with van der Waals surface area (Å²) in [5, 5.41) is 24.0. The Morgan fingerprint density at radius 2 is 1.13 bits per heavy atom. The van der Waals surface area contributed by atoms with Crippen molar-refractivity contribution in [1.82, 2.24) is 0 Å². The number of aliphatic hydroxyl groups excluding tert-OH is 2. The van der Waals surface area contributed by atoms with Crippen molar-refractivity contribution in [2.24, 2.45) is 0 Å². The minimum Gasteiger partial charge on any atom is -0.491 e. The number of furan rings is 2. The molecule has 3 rings (SSSR count). The molecule has 162 valence electrons. The second-order valence-corrected chi connectivity index (χ2v) is 7.02. The van der Waals surface area contributed by atoms with E-state index >= 15 is 0 Å². The van der Waals surface area contributed by atoms with E-state index in [1.54, 1.807) is 36.8 Å². The second kappa shape index (κ2) is 12.0. The number of quaternary nitrogens is 2. The standard InChI is InChI=1S/C22H28N2O6/c25-17(11-23-13-21-3-1-9-27-21)15-29-19-5-7-20(8-6-19)30-16-18(26)12-24-14-22-4-2-10-28-22/h1-10,17-18,23-26H,11-16H2/p+2/t17-,18-/m0/s1. The maximum absolute atomic E-state index is 10.0. The van der Waals surface area contributed by atoms with E-state index in [2.05, 4.69) is 0 Å². The zero-order valence-electron chi connectivity index (χ0n) is 16.9. The van der Waals surface area contributed by atoms with Gasteiger partial charge in [-0.2, -0.15) is 0 Å². The number of hydrogen-bond acceptors (Lipinski definition) is 6. The monoisotopic (exact) mass is 418 g/mol. The van der Waals surface area contributed by atoms with Gasteiger partial charge in [-0.15, -0.1) is 0 Å². The predicted molar refractivity (Wildman–Crippen MR) is 108 cm³/mol. The van der Waals surface area contributed by atoms with Crippen LogP contribution in [-0.4, -0.2) is 48.7 Å². The number of ether oxygens (including phenoxy) is 2. The van der Waals surface area contributed by atoms with Crippen LogP contribution >= 0.6 is 0 Å². The molecule has 8 heteroatoms. The zero-order chi connectivity index (χ0) is 21.0.